The lowest BCUT2D eigenvalue weighted by Gasteiger charge is -2.10. The first-order valence-corrected chi connectivity index (χ1v) is 6.39. The monoisotopic (exact) mass is 274 g/mol. The zero-order valence-electron chi connectivity index (χ0n) is 11.4. The number of aromatic nitrogens is 1. The Kier molecular flexibility index (Phi) is 5.20. The molecule has 0 fully saturated rings. The van der Waals surface area contributed by atoms with Crippen LogP contribution in [-0.4, -0.2) is 30.4 Å². The molecule has 5 nitrogen and oxygen atoms in total. The van der Waals surface area contributed by atoms with Crippen LogP contribution in [0.2, 0.25) is 0 Å². The molecule has 1 heterocycles. The van der Waals surface area contributed by atoms with E-state index in [1.54, 1.807) is 19.4 Å². The quantitative estimate of drug-likeness (QED) is 0.757. The van der Waals surface area contributed by atoms with Crippen LogP contribution >= 0.6 is 0 Å². The van der Waals surface area contributed by atoms with Crippen molar-refractivity contribution >= 4 is 5.82 Å². The standard InChI is InChI=1S/C15H18N2O3/c1-19-13-4-6-14(7-5-13)20-10-9-17-15-12(11-18)3-2-8-16-15/h2-8,18H,9-11H2,1H3,(H,16,17). The van der Waals surface area contributed by atoms with Gasteiger partial charge in [-0.15, -0.1) is 0 Å². The molecule has 2 rings (SSSR count). The van der Waals surface area contributed by atoms with Crippen molar-refractivity contribution in [3.63, 3.8) is 0 Å². The first kappa shape index (κ1) is 14.1. The highest BCUT2D eigenvalue weighted by atomic mass is 16.5. The maximum Gasteiger partial charge on any atom is 0.131 e. The first-order valence-electron chi connectivity index (χ1n) is 6.39. The van der Waals surface area contributed by atoms with Crippen molar-refractivity contribution in [1.29, 1.82) is 0 Å². The van der Waals surface area contributed by atoms with E-state index in [2.05, 4.69) is 10.3 Å². The van der Waals surface area contributed by atoms with Crippen LogP contribution < -0.4 is 14.8 Å². The molecule has 0 aliphatic heterocycles. The predicted molar refractivity (Wildman–Crippen MR) is 77.1 cm³/mol. The summed E-state index contributed by atoms with van der Waals surface area (Å²) < 4.78 is 10.7. The number of benzene rings is 1. The molecule has 0 saturated carbocycles. The van der Waals surface area contributed by atoms with Crippen molar-refractivity contribution in [2.24, 2.45) is 0 Å². The molecular formula is C15H18N2O3. The van der Waals surface area contributed by atoms with Gasteiger partial charge in [0.15, 0.2) is 0 Å². The summed E-state index contributed by atoms with van der Waals surface area (Å²) in [5.41, 5.74) is 0.775. The summed E-state index contributed by atoms with van der Waals surface area (Å²) in [4.78, 5) is 4.17. The second-order valence-electron chi connectivity index (χ2n) is 4.12. The van der Waals surface area contributed by atoms with E-state index in [0.717, 1.165) is 17.1 Å². The van der Waals surface area contributed by atoms with E-state index in [9.17, 15) is 5.11 Å². The molecule has 0 aliphatic rings. The molecule has 0 aliphatic carbocycles. The SMILES string of the molecule is COc1ccc(OCCNc2ncccc2CO)cc1. The van der Waals surface area contributed by atoms with Crippen molar-refractivity contribution in [2.45, 2.75) is 6.61 Å². The third kappa shape index (κ3) is 3.86. The smallest absolute Gasteiger partial charge is 0.131 e. The molecule has 2 N–H and O–H groups in total. The number of nitrogens with zero attached hydrogens (tertiary/aromatic N) is 1. The fraction of sp³-hybridized carbons (Fsp3) is 0.267. The Morgan fingerprint density at radius 2 is 1.90 bits per heavy atom. The lowest BCUT2D eigenvalue weighted by Crippen LogP contribution is -2.13. The maximum absolute atomic E-state index is 9.18. The number of aliphatic hydroxyl groups excluding tert-OH is 1. The second kappa shape index (κ2) is 7.35. The number of ether oxygens (including phenoxy) is 2. The third-order valence-corrected chi connectivity index (χ3v) is 2.78. The molecule has 0 amide bonds. The molecule has 5 heteroatoms. The average Bonchev–Trinajstić information content (AvgIpc) is 2.52. The van der Waals surface area contributed by atoms with Crippen molar-refractivity contribution in [2.75, 3.05) is 25.6 Å². The van der Waals surface area contributed by atoms with Gasteiger partial charge in [0.25, 0.3) is 0 Å². The van der Waals surface area contributed by atoms with E-state index >= 15 is 0 Å². The van der Waals surface area contributed by atoms with Crippen LogP contribution in [0.15, 0.2) is 42.6 Å². The van der Waals surface area contributed by atoms with Gasteiger partial charge in [0, 0.05) is 11.8 Å². The molecule has 0 bridgehead atoms. The molecular weight excluding hydrogens is 256 g/mol. The summed E-state index contributed by atoms with van der Waals surface area (Å²) in [5, 5.41) is 12.3. The number of methoxy groups -OCH3 is 1. The van der Waals surface area contributed by atoms with Gasteiger partial charge in [-0.25, -0.2) is 4.98 Å². The molecule has 20 heavy (non-hydrogen) atoms. The van der Waals surface area contributed by atoms with Gasteiger partial charge in [-0.2, -0.15) is 0 Å². The fourth-order valence-corrected chi connectivity index (χ4v) is 1.74. The normalized spacial score (nSPS) is 10.1. The van der Waals surface area contributed by atoms with Crippen molar-refractivity contribution < 1.29 is 14.6 Å². The van der Waals surface area contributed by atoms with Gasteiger partial charge in [-0.05, 0) is 30.3 Å². The van der Waals surface area contributed by atoms with Gasteiger partial charge in [-0.1, -0.05) is 6.07 Å². The van der Waals surface area contributed by atoms with E-state index in [0.29, 0.717) is 19.0 Å². The second-order valence-corrected chi connectivity index (χ2v) is 4.12. The summed E-state index contributed by atoms with van der Waals surface area (Å²) in [7, 11) is 1.63. The minimum absolute atomic E-state index is 0.0322. The van der Waals surface area contributed by atoms with Crippen LogP contribution in [0, 0.1) is 0 Å². The number of nitrogens with one attached hydrogen (secondary N) is 1. The number of hydrogen-bond donors (Lipinski definition) is 2. The third-order valence-electron chi connectivity index (χ3n) is 2.78. The Balaban J connectivity index is 1.78. The molecule has 0 atom stereocenters. The number of hydrogen-bond acceptors (Lipinski definition) is 5. The van der Waals surface area contributed by atoms with Gasteiger partial charge in [0.05, 0.1) is 20.3 Å². The minimum Gasteiger partial charge on any atom is -0.497 e. The summed E-state index contributed by atoms with van der Waals surface area (Å²) in [6.45, 7) is 1.08. The zero-order valence-corrected chi connectivity index (χ0v) is 11.4. The van der Waals surface area contributed by atoms with Gasteiger partial charge in [0.2, 0.25) is 0 Å². The lowest BCUT2D eigenvalue weighted by atomic mass is 10.3. The van der Waals surface area contributed by atoms with Gasteiger partial charge < -0.3 is 19.9 Å². The topological polar surface area (TPSA) is 63.6 Å². The van der Waals surface area contributed by atoms with E-state index in [1.165, 1.54) is 0 Å². The van der Waals surface area contributed by atoms with Crippen LogP contribution in [0.25, 0.3) is 0 Å². The van der Waals surface area contributed by atoms with Crippen LogP contribution in [0.5, 0.6) is 11.5 Å². The number of aliphatic hydroxyl groups is 1. The van der Waals surface area contributed by atoms with Crippen LogP contribution in [-0.2, 0) is 6.61 Å². The average molecular weight is 274 g/mol. The molecule has 0 spiro atoms. The molecule has 0 radical (unpaired) electrons. The number of pyridine rings is 1. The fourth-order valence-electron chi connectivity index (χ4n) is 1.74. The Labute approximate surface area is 118 Å². The van der Waals surface area contributed by atoms with Gasteiger partial charge in [0.1, 0.15) is 23.9 Å². The number of rotatable bonds is 7. The highest BCUT2D eigenvalue weighted by molar-refractivity contribution is 5.43. The summed E-state index contributed by atoms with van der Waals surface area (Å²) in [5.74, 6) is 2.28. The Morgan fingerprint density at radius 1 is 1.15 bits per heavy atom. The molecule has 106 valence electrons. The van der Waals surface area contributed by atoms with Crippen molar-refractivity contribution in [1.82, 2.24) is 4.98 Å². The Morgan fingerprint density at radius 3 is 2.60 bits per heavy atom. The van der Waals surface area contributed by atoms with Gasteiger partial charge in [-0.3, -0.25) is 0 Å². The molecule has 1 aromatic carbocycles. The summed E-state index contributed by atoms with van der Waals surface area (Å²) in [6.07, 6.45) is 1.69. The van der Waals surface area contributed by atoms with Crippen LogP contribution in [0.4, 0.5) is 5.82 Å². The first-order chi connectivity index (χ1) is 9.83. The minimum atomic E-state index is -0.0322. The Hall–Kier alpha value is -2.27. The highest BCUT2D eigenvalue weighted by Crippen LogP contribution is 2.17. The molecule has 2 aromatic rings. The summed E-state index contributed by atoms with van der Waals surface area (Å²) in [6, 6.07) is 11.1. The maximum atomic E-state index is 9.18. The molecule has 1 aromatic heterocycles. The summed E-state index contributed by atoms with van der Waals surface area (Å²) >= 11 is 0. The Bertz CT molecular complexity index is 529. The molecule has 0 unspecified atom stereocenters. The zero-order chi connectivity index (χ0) is 14.2. The highest BCUT2D eigenvalue weighted by Gasteiger charge is 2.01. The number of anilines is 1. The molecule has 0 saturated heterocycles. The van der Waals surface area contributed by atoms with E-state index < -0.39 is 0 Å². The van der Waals surface area contributed by atoms with Crippen LogP contribution in [0.1, 0.15) is 5.56 Å². The van der Waals surface area contributed by atoms with E-state index in [1.807, 2.05) is 30.3 Å². The van der Waals surface area contributed by atoms with E-state index in [4.69, 9.17) is 9.47 Å². The van der Waals surface area contributed by atoms with Gasteiger partial charge >= 0.3 is 0 Å². The van der Waals surface area contributed by atoms with E-state index in [-0.39, 0.29) is 6.61 Å². The predicted octanol–water partition coefficient (Wildman–Crippen LogP) is 2.07. The van der Waals surface area contributed by atoms with Crippen LogP contribution in [0.3, 0.4) is 0 Å². The van der Waals surface area contributed by atoms with Crippen molar-refractivity contribution in [3.8, 4) is 11.5 Å². The lowest BCUT2D eigenvalue weighted by molar-refractivity contribution is 0.282. The van der Waals surface area contributed by atoms with Crippen molar-refractivity contribution in [3.05, 3.63) is 48.2 Å². The largest absolute Gasteiger partial charge is 0.497 e.